The van der Waals surface area contributed by atoms with E-state index in [0.717, 1.165) is 11.3 Å². The van der Waals surface area contributed by atoms with Crippen molar-refractivity contribution >= 4 is 16.1 Å². The molecule has 6 nitrogen and oxygen atoms in total. The quantitative estimate of drug-likeness (QED) is 0.795. The van der Waals surface area contributed by atoms with Gasteiger partial charge < -0.3 is 4.90 Å². The summed E-state index contributed by atoms with van der Waals surface area (Å²) in [6.07, 6.45) is 3.12. The van der Waals surface area contributed by atoms with Gasteiger partial charge in [0.25, 0.3) is 0 Å². The summed E-state index contributed by atoms with van der Waals surface area (Å²) in [5.74, 6) is -0.360. The Morgan fingerprint density at radius 2 is 2.05 bits per heavy atom. The van der Waals surface area contributed by atoms with Crippen LogP contribution < -0.4 is 0 Å². The third-order valence-electron chi connectivity index (χ3n) is 3.68. The summed E-state index contributed by atoms with van der Waals surface area (Å²) in [6.45, 7) is 0.103. The van der Waals surface area contributed by atoms with E-state index in [9.17, 15) is 17.1 Å². The predicted molar refractivity (Wildman–Crippen MR) is 77.4 cm³/mol. The van der Waals surface area contributed by atoms with Gasteiger partial charge in [-0.05, 0) is 17.7 Å². The molecule has 1 amide bonds. The van der Waals surface area contributed by atoms with Crippen LogP contribution in [0.25, 0.3) is 5.69 Å². The molecule has 1 saturated heterocycles. The zero-order valence-electron chi connectivity index (χ0n) is 11.6. The molecule has 8 heteroatoms. The molecule has 0 saturated carbocycles. The van der Waals surface area contributed by atoms with Gasteiger partial charge in [0, 0.05) is 31.9 Å². The number of hydrogen-bond donors (Lipinski definition) is 0. The summed E-state index contributed by atoms with van der Waals surface area (Å²) in [5.41, 5.74) is 1.61. The summed E-state index contributed by atoms with van der Waals surface area (Å²) in [4.78, 5) is 13.3. The minimum absolute atomic E-state index is 0.120. The molecule has 1 aromatic heterocycles. The van der Waals surface area contributed by atoms with Gasteiger partial charge >= 0.3 is 10.2 Å². The molecule has 0 N–H and O–H groups in total. The number of carbonyl (C=O) groups is 1. The number of para-hydroxylation sites is 1. The van der Waals surface area contributed by atoms with Gasteiger partial charge in [-0.1, -0.05) is 18.2 Å². The summed E-state index contributed by atoms with van der Waals surface area (Å²) in [5, 5.41) is 2.89. The molecule has 1 aromatic carbocycles. The van der Waals surface area contributed by atoms with Gasteiger partial charge in [-0.2, -0.15) is 13.5 Å². The van der Waals surface area contributed by atoms with Gasteiger partial charge in [0.15, 0.2) is 0 Å². The lowest BCUT2D eigenvalue weighted by molar-refractivity contribution is -0.128. The molecular weight excluding hydrogens is 309 g/mol. The van der Waals surface area contributed by atoms with Crippen molar-refractivity contribution in [1.82, 2.24) is 14.7 Å². The molecule has 1 atom stereocenters. The molecule has 1 unspecified atom stereocenters. The standard InChI is InChI=1S/C14H14FN3O3S/c15-22(20,21)12-8-14(19)17(10-12)9-11-4-1-2-5-13(11)18-7-3-6-16-18/h1-7,12H,8-10H2. The Morgan fingerprint density at radius 1 is 1.27 bits per heavy atom. The third-order valence-corrected chi connectivity index (χ3v) is 4.79. The maximum Gasteiger partial charge on any atom is 0.307 e. The van der Waals surface area contributed by atoms with Gasteiger partial charge in [-0.15, -0.1) is 3.89 Å². The maximum atomic E-state index is 13.1. The van der Waals surface area contributed by atoms with Crippen molar-refractivity contribution < 1.29 is 17.1 Å². The molecule has 0 radical (unpaired) electrons. The zero-order valence-corrected chi connectivity index (χ0v) is 12.4. The maximum absolute atomic E-state index is 13.1. The molecule has 116 valence electrons. The van der Waals surface area contributed by atoms with E-state index >= 15 is 0 Å². The van der Waals surface area contributed by atoms with E-state index in [1.807, 2.05) is 24.3 Å². The lowest BCUT2D eigenvalue weighted by atomic mass is 10.1. The molecule has 1 aliphatic heterocycles. The van der Waals surface area contributed by atoms with Crippen LogP contribution in [0.4, 0.5) is 3.89 Å². The normalized spacial score (nSPS) is 18.9. The molecular formula is C14H14FN3O3S. The Morgan fingerprint density at radius 3 is 2.68 bits per heavy atom. The molecule has 3 rings (SSSR count). The Bertz CT molecular complexity index is 789. The molecule has 2 heterocycles. The highest BCUT2D eigenvalue weighted by Gasteiger charge is 2.38. The summed E-state index contributed by atoms with van der Waals surface area (Å²) in [7, 11) is -4.69. The van der Waals surface area contributed by atoms with Crippen molar-refractivity contribution in [3.8, 4) is 5.69 Å². The Hall–Kier alpha value is -2.22. The minimum Gasteiger partial charge on any atom is -0.337 e. The van der Waals surface area contributed by atoms with Crippen LogP contribution in [-0.4, -0.2) is 40.8 Å². The molecule has 0 aliphatic carbocycles. The van der Waals surface area contributed by atoms with Crippen LogP contribution in [0.1, 0.15) is 12.0 Å². The molecule has 1 fully saturated rings. The first-order chi connectivity index (χ1) is 10.4. The Kier molecular flexibility index (Phi) is 3.69. The van der Waals surface area contributed by atoms with Crippen molar-refractivity contribution in [2.75, 3.05) is 6.54 Å². The molecule has 2 aromatic rings. The molecule has 0 spiro atoms. The fraction of sp³-hybridized carbons (Fsp3) is 0.286. The molecule has 0 bridgehead atoms. The van der Waals surface area contributed by atoms with E-state index in [2.05, 4.69) is 5.10 Å². The fourth-order valence-corrected chi connectivity index (χ4v) is 3.26. The number of likely N-dealkylation sites (tertiary alicyclic amines) is 1. The Labute approximate surface area is 127 Å². The highest BCUT2D eigenvalue weighted by Crippen LogP contribution is 2.23. The lowest BCUT2D eigenvalue weighted by Gasteiger charge is -2.18. The smallest absolute Gasteiger partial charge is 0.307 e. The van der Waals surface area contributed by atoms with Gasteiger partial charge in [-0.25, -0.2) is 4.68 Å². The van der Waals surface area contributed by atoms with E-state index in [4.69, 9.17) is 0 Å². The second kappa shape index (κ2) is 5.53. The number of aromatic nitrogens is 2. The average Bonchev–Trinajstić information content (AvgIpc) is 3.10. The number of benzene rings is 1. The number of nitrogens with zero attached hydrogens (tertiary/aromatic N) is 3. The van der Waals surface area contributed by atoms with E-state index in [1.165, 1.54) is 4.90 Å². The van der Waals surface area contributed by atoms with E-state index < -0.39 is 15.5 Å². The second-order valence-corrected chi connectivity index (χ2v) is 6.77. The second-order valence-electron chi connectivity index (χ2n) is 5.16. The SMILES string of the molecule is O=C1CC(S(=O)(=O)F)CN1Cc1ccccc1-n1cccn1. The van der Waals surface area contributed by atoms with Gasteiger partial charge in [-0.3, -0.25) is 4.79 Å². The van der Waals surface area contributed by atoms with Crippen LogP contribution in [0.2, 0.25) is 0 Å². The van der Waals surface area contributed by atoms with Gasteiger partial charge in [0.2, 0.25) is 5.91 Å². The van der Waals surface area contributed by atoms with Crippen molar-refractivity contribution in [3.63, 3.8) is 0 Å². The number of amides is 1. The van der Waals surface area contributed by atoms with Crippen LogP contribution in [0.3, 0.4) is 0 Å². The largest absolute Gasteiger partial charge is 0.337 e. The third kappa shape index (κ3) is 2.87. The van der Waals surface area contributed by atoms with E-state index in [-0.39, 0.29) is 25.4 Å². The molecule has 22 heavy (non-hydrogen) atoms. The van der Waals surface area contributed by atoms with Crippen LogP contribution in [-0.2, 0) is 21.6 Å². The highest BCUT2D eigenvalue weighted by atomic mass is 32.3. The van der Waals surface area contributed by atoms with Crippen molar-refractivity contribution in [2.24, 2.45) is 0 Å². The van der Waals surface area contributed by atoms with Crippen molar-refractivity contribution in [3.05, 3.63) is 48.3 Å². The Balaban J connectivity index is 1.84. The van der Waals surface area contributed by atoms with Crippen LogP contribution >= 0.6 is 0 Å². The van der Waals surface area contributed by atoms with Crippen LogP contribution in [0.5, 0.6) is 0 Å². The lowest BCUT2D eigenvalue weighted by Crippen LogP contribution is -2.27. The number of hydrogen-bond acceptors (Lipinski definition) is 4. The number of rotatable bonds is 4. The zero-order chi connectivity index (χ0) is 15.7. The summed E-state index contributed by atoms with van der Waals surface area (Å²) >= 11 is 0. The first kappa shape index (κ1) is 14.7. The van der Waals surface area contributed by atoms with Crippen LogP contribution in [0.15, 0.2) is 42.7 Å². The van der Waals surface area contributed by atoms with Gasteiger partial charge in [0.1, 0.15) is 5.25 Å². The monoisotopic (exact) mass is 323 g/mol. The highest BCUT2D eigenvalue weighted by molar-refractivity contribution is 7.87. The van der Waals surface area contributed by atoms with E-state index in [0.29, 0.717) is 0 Å². The average molecular weight is 323 g/mol. The minimum atomic E-state index is -4.69. The molecule has 1 aliphatic rings. The predicted octanol–water partition coefficient (Wildman–Crippen LogP) is 1.27. The summed E-state index contributed by atoms with van der Waals surface area (Å²) < 4.78 is 36.7. The van der Waals surface area contributed by atoms with Crippen molar-refractivity contribution in [2.45, 2.75) is 18.2 Å². The topological polar surface area (TPSA) is 72.3 Å². The first-order valence-electron chi connectivity index (χ1n) is 6.74. The van der Waals surface area contributed by atoms with E-state index in [1.54, 1.807) is 23.1 Å². The number of halogens is 1. The van der Waals surface area contributed by atoms with Crippen molar-refractivity contribution in [1.29, 1.82) is 0 Å². The number of carbonyl (C=O) groups excluding carboxylic acids is 1. The van der Waals surface area contributed by atoms with Crippen LogP contribution in [0, 0.1) is 0 Å². The fourth-order valence-electron chi connectivity index (χ4n) is 2.56. The summed E-state index contributed by atoms with van der Waals surface area (Å²) in [6, 6.07) is 9.14. The first-order valence-corrected chi connectivity index (χ1v) is 8.19. The van der Waals surface area contributed by atoms with Gasteiger partial charge in [0.05, 0.1) is 5.69 Å².